The summed E-state index contributed by atoms with van der Waals surface area (Å²) in [4.78, 5) is 17.8. The minimum Gasteiger partial charge on any atom is -0.287 e. The molecule has 30 heavy (non-hydrogen) atoms. The van der Waals surface area contributed by atoms with Gasteiger partial charge in [0, 0.05) is 17.3 Å². The van der Waals surface area contributed by atoms with Gasteiger partial charge in [-0.05, 0) is 41.8 Å². The maximum absolute atomic E-state index is 13.6. The predicted octanol–water partition coefficient (Wildman–Crippen LogP) is 5.86. The summed E-state index contributed by atoms with van der Waals surface area (Å²) in [6, 6.07) is 19.1. The van der Waals surface area contributed by atoms with Gasteiger partial charge in [-0.1, -0.05) is 65.8 Å². The maximum atomic E-state index is 13.6. The first-order valence-electron chi connectivity index (χ1n) is 9.32. The van der Waals surface area contributed by atoms with E-state index in [9.17, 15) is 13.6 Å². The van der Waals surface area contributed by atoms with Crippen LogP contribution in [-0.2, 0) is 18.7 Å². The number of nitrogens with zero attached hydrogens (tertiary/aromatic N) is 2. The van der Waals surface area contributed by atoms with Gasteiger partial charge in [-0.3, -0.25) is 9.36 Å². The molecule has 3 nitrogen and oxygen atoms in total. The lowest BCUT2D eigenvalue weighted by Gasteiger charge is -2.14. The summed E-state index contributed by atoms with van der Waals surface area (Å²) in [6.45, 7) is 0.453. The largest absolute Gasteiger partial charge is 0.287 e. The average Bonchev–Trinajstić information content (AvgIpc) is 2.75. The molecule has 0 amide bonds. The Bertz CT molecular complexity index is 1260. The van der Waals surface area contributed by atoms with E-state index in [4.69, 9.17) is 11.6 Å². The second-order valence-corrected chi connectivity index (χ2v) is 8.10. The molecule has 0 N–H and O–H groups in total. The van der Waals surface area contributed by atoms with E-state index in [0.29, 0.717) is 34.6 Å². The number of benzene rings is 3. The van der Waals surface area contributed by atoms with Crippen molar-refractivity contribution >= 4 is 34.3 Å². The number of hydrogen-bond acceptors (Lipinski definition) is 3. The number of thioether (sulfide) groups is 1. The number of rotatable bonds is 6. The summed E-state index contributed by atoms with van der Waals surface area (Å²) in [5, 5.41) is 1.19. The SMILES string of the molecule is O=c1c2ccccc2nc(SCc2cc(F)c(F)cc2Cl)n1CCc1ccccc1. The van der Waals surface area contributed by atoms with Gasteiger partial charge in [0.25, 0.3) is 5.56 Å². The Morgan fingerprint density at radius 2 is 1.67 bits per heavy atom. The fourth-order valence-corrected chi connectivity index (χ4v) is 4.47. The quantitative estimate of drug-likeness (QED) is 0.213. The molecule has 4 aromatic rings. The lowest BCUT2D eigenvalue weighted by molar-refractivity contribution is 0.507. The fourth-order valence-electron chi connectivity index (χ4n) is 3.16. The van der Waals surface area contributed by atoms with Crippen molar-refractivity contribution in [2.75, 3.05) is 0 Å². The summed E-state index contributed by atoms with van der Waals surface area (Å²) in [5.41, 5.74) is 2.02. The van der Waals surface area contributed by atoms with Crippen LogP contribution in [0.4, 0.5) is 8.78 Å². The van der Waals surface area contributed by atoms with Crippen LogP contribution in [0.25, 0.3) is 10.9 Å². The van der Waals surface area contributed by atoms with Crippen molar-refractivity contribution in [1.29, 1.82) is 0 Å². The Balaban J connectivity index is 1.68. The van der Waals surface area contributed by atoms with E-state index in [1.54, 1.807) is 22.8 Å². The Kier molecular flexibility index (Phi) is 6.16. The first kappa shape index (κ1) is 20.6. The third kappa shape index (κ3) is 4.40. The van der Waals surface area contributed by atoms with Gasteiger partial charge < -0.3 is 0 Å². The van der Waals surface area contributed by atoms with Gasteiger partial charge in [-0.2, -0.15) is 0 Å². The first-order valence-corrected chi connectivity index (χ1v) is 10.7. The molecule has 1 heterocycles. The molecule has 7 heteroatoms. The highest BCUT2D eigenvalue weighted by molar-refractivity contribution is 7.98. The van der Waals surface area contributed by atoms with Crippen molar-refractivity contribution < 1.29 is 8.78 Å². The summed E-state index contributed by atoms with van der Waals surface area (Å²) in [5.74, 6) is -1.69. The second-order valence-electron chi connectivity index (χ2n) is 6.75. The van der Waals surface area contributed by atoms with E-state index in [1.807, 2.05) is 36.4 Å². The highest BCUT2D eigenvalue weighted by atomic mass is 35.5. The Hall–Kier alpha value is -2.70. The molecule has 0 spiro atoms. The molecule has 3 aromatic carbocycles. The lowest BCUT2D eigenvalue weighted by Crippen LogP contribution is -2.24. The Labute approximate surface area is 181 Å². The molecule has 0 aliphatic rings. The molecule has 0 unspecified atom stereocenters. The summed E-state index contributed by atoms with van der Waals surface area (Å²) in [7, 11) is 0. The van der Waals surface area contributed by atoms with Crippen molar-refractivity contribution in [2.45, 2.75) is 23.9 Å². The van der Waals surface area contributed by atoms with Crippen LogP contribution in [0.2, 0.25) is 5.02 Å². The normalized spacial score (nSPS) is 11.2. The van der Waals surface area contributed by atoms with Crippen molar-refractivity contribution in [3.63, 3.8) is 0 Å². The average molecular weight is 443 g/mol. The second kappa shape index (κ2) is 8.98. The minimum atomic E-state index is -0.989. The first-order chi connectivity index (χ1) is 14.5. The van der Waals surface area contributed by atoms with Crippen LogP contribution in [0.5, 0.6) is 0 Å². The van der Waals surface area contributed by atoms with Gasteiger partial charge in [-0.15, -0.1) is 0 Å². The van der Waals surface area contributed by atoms with E-state index in [2.05, 4.69) is 4.98 Å². The topological polar surface area (TPSA) is 34.9 Å². The minimum absolute atomic E-state index is 0.129. The molecular weight excluding hydrogens is 426 g/mol. The Morgan fingerprint density at radius 3 is 2.47 bits per heavy atom. The molecule has 4 rings (SSSR count). The highest BCUT2D eigenvalue weighted by Crippen LogP contribution is 2.28. The smallest absolute Gasteiger partial charge is 0.262 e. The van der Waals surface area contributed by atoms with E-state index in [-0.39, 0.29) is 16.3 Å². The van der Waals surface area contributed by atoms with Gasteiger partial charge >= 0.3 is 0 Å². The van der Waals surface area contributed by atoms with Crippen molar-refractivity contribution in [3.05, 3.63) is 105 Å². The van der Waals surface area contributed by atoms with Crippen molar-refractivity contribution in [3.8, 4) is 0 Å². The number of fused-ring (bicyclic) bond motifs is 1. The molecular formula is C23H17ClF2N2OS. The van der Waals surface area contributed by atoms with Gasteiger partial charge in [0.05, 0.1) is 10.9 Å². The van der Waals surface area contributed by atoms with Crippen LogP contribution in [0.1, 0.15) is 11.1 Å². The van der Waals surface area contributed by atoms with E-state index in [1.165, 1.54) is 11.8 Å². The summed E-state index contributed by atoms with van der Waals surface area (Å²) < 4.78 is 28.6. The number of aryl methyl sites for hydroxylation is 1. The molecule has 0 saturated heterocycles. The predicted molar refractivity (Wildman–Crippen MR) is 117 cm³/mol. The van der Waals surface area contributed by atoms with Crippen LogP contribution >= 0.6 is 23.4 Å². The van der Waals surface area contributed by atoms with Gasteiger partial charge in [-0.25, -0.2) is 13.8 Å². The number of aromatic nitrogens is 2. The molecule has 0 bridgehead atoms. The third-order valence-electron chi connectivity index (χ3n) is 4.74. The number of halogens is 3. The number of para-hydroxylation sites is 1. The molecule has 0 radical (unpaired) electrons. The number of hydrogen-bond donors (Lipinski definition) is 0. The third-order valence-corrected chi connectivity index (χ3v) is 6.12. The zero-order chi connectivity index (χ0) is 21.1. The van der Waals surface area contributed by atoms with Crippen LogP contribution in [0, 0.1) is 11.6 Å². The lowest BCUT2D eigenvalue weighted by atomic mass is 10.1. The highest BCUT2D eigenvalue weighted by Gasteiger charge is 2.14. The van der Waals surface area contributed by atoms with Gasteiger partial charge in [0.2, 0.25) is 0 Å². The van der Waals surface area contributed by atoms with Crippen molar-refractivity contribution in [1.82, 2.24) is 9.55 Å². The van der Waals surface area contributed by atoms with E-state index < -0.39 is 11.6 Å². The zero-order valence-electron chi connectivity index (χ0n) is 15.8. The van der Waals surface area contributed by atoms with Crippen LogP contribution in [0.15, 0.2) is 76.7 Å². The monoisotopic (exact) mass is 442 g/mol. The molecule has 1 aromatic heterocycles. The van der Waals surface area contributed by atoms with Crippen LogP contribution < -0.4 is 5.56 Å². The summed E-state index contributed by atoms with van der Waals surface area (Å²) >= 11 is 7.34. The van der Waals surface area contributed by atoms with Crippen molar-refractivity contribution in [2.24, 2.45) is 0 Å². The molecule has 0 aliphatic carbocycles. The molecule has 152 valence electrons. The van der Waals surface area contributed by atoms with E-state index in [0.717, 1.165) is 17.7 Å². The van der Waals surface area contributed by atoms with E-state index >= 15 is 0 Å². The van der Waals surface area contributed by atoms with Gasteiger partial charge in [0.15, 0.2) is 16.8 Å². The van der Waals surface area contributed by atoms with Crippen LogP contribution in [0.3, 0.4) is 0 Å². The molecule has 0 saturated carbocycles. The van der Waals surface area contributed by atoms with Crippen LogP contribution in [-0.4, -0.2) is 9.55 Å². The standard InChI is InChI=1S/C23H17ClF2N2OS/c24-18-13-20(26)19(25)12-16(18)14-30-23-27-21-9-5-4-8-17(21)22(29)28(23)11-10-15-6-2-1-3-7-15/h1-9,12-13H,10-11,14H2. The molecule has 0 atom stereocenters. The van der Waals surface area contributed by atoms with Gasteiger partial charge in [0.1, 0.15) is 0 Å². The summed E-state index contributed by atoms with van der Waals surface area (Å²) in [6.07, 6.45) is 0.667. The Morgan fingerprint density at radius 1 is 0.967 bits per heavy atom. The molecule has 0 fully saturated rings. The maximum Gasteiger partial charge on any atom is 0.262 e. The zero-order valence-corrected chi connectivity index (χ0v) is 17.4. The fraction of sp³-hybridized carbons (Fsp3) is 0.130. The molecule has 0 aliphatic heterocycles.